The SMILES string of the molecule is CCOC(=O)C(=O)N1c2ccccc2[C@](C)(c2ccccc2)CC1(C)C. The van der Waals surface area contributed by atoms with Crippen molar-refractivity contribution in [2.75, 3.05) is 11.5 Å². The molecule has 2 aromatic carbocycles. The van der Waals surface area contributed by atoms with Crippen molar-refractivity contribution < 1.29 is 14.3 Å². The van der Waals surface area contributed by atoms with Crippen LogP contribution in [0.15, 0.2) is 54.6 Å². The number of hydrogen-bond donors (Lipinski definition) is 0. The van der Waals surface area contributed by atoms with Crippen LogP contribution in [0.4, 0.5) is 5.69 Å². The van der Waals surface area contributed by atoms with E-state index in [0.717, 1.165) is 11.3 Å². The van der Waals surface area contributed by atoms with Gasteiger partial charge < -0.3 is 4.74 Å². The second-order valence-corrected chi connectivity index (χ2v) is 7.57. The minimum absolute atomic E-state index is 0.183. The van der Waals surface area contributed by atoms with Crippen molar-refractivity contribution in [1.29, 1.82) is 0 Å². The molecule has 0 radical (unpaired) electrons. The Morgan fingerprint density at radius 2 is 1.62 bits per heavy atom. The lowest BCUT2D eigenvalue weighted by atomic mass is 9.65. The molecule has 1 aliphatic heterocycles. The van der Waals surface area contributed by atoms with Gasteiger partial charge in [0.15, 0.2) is 0 Å². The van der Waals surface area contributed by atoms with Crippen LogP contribution in [0.2, 0.25) is 0 Å². The van der Waals surface area contributed by atoms with Gasteiger partial charge in [0, 0.05) is 16.6 Å². The van der Waals surface area contributed by atoms with Gasteiger partial charge in [-0.25, -0.2) is 4.79 Å². The number of para-hydroxylation sites is 1. The maximum atomic E-state index is 12.9. The number of rotatable bonds is 2. The van der Waals surface area contributed by atoms with Gasteiger partial charge in [-0.15, -0.1) is 0 Å². The molecule has 0 fully saturated rings. The number of carbonyl (C=O) groups is 2. The average Bonchev–Trinajstić information content (AvgIpc) is 2.62. The summed E-state index contributed by atoms with van der Waals surface area (Å²) in [6, 6.07) is 18.1. The first-order valence-electron chi connectivity index (χ1n) is 8.97. The van der Waals surface area contributed by atoms with Gasteiger partial charge in [0.05, 0.1) is 6.61 Å². The number of nitrogens with zero attached hydrogens (tertiary/aromatic N) is 1. The Bertz CT molecular complexity index is 828. The highest BCUT2D eigenvalue weighted by Crippen LogP contribution is 2.50. The number of esters is 1. The average molecular weight is 351 g/mol. The molecule has 4 nitrogen and oxygen atoms in total. The van der Waals surface area contributed by atoms with Gasteiger partial charge in [-0.2, -0.15) is 0 Å². The van der Waals surface area contributed by atoms with E-state index in [1.54, 1.807) is 11.8 Å². The van der Waals surface area contributed by atoms with Crippen LogP contribution in [0.25, 0.3) is 0 Å². The molecule has 0 saturated carbocycles. The lowest BCUT2D eigenvalue weighted by Gasteiger charge is -2.51. The molecule has 0 bridgehead atoms. The molecular weight excluding hydrogens is 326 g/mol. The number of hydrogen-bond acceptors (Lipinski definition) is 3. The summed E-state index contributed by atoms with van der Waals surface area (Å²) in [5.41, 5.74) is 2.22. The van der Waals surface area contributed by atoms with Crippen LogP contribution >= 0.6 is 0 Å². The first-order chi connectivity index (χ1) is 12.3. The molecule has 2 aromatic rings. The first kappa shape index (κ1) is 18.2. The predicted molar refractivity (Wildman–Crippen MR) is 102 cm³/mol. The number of benzene rings is 2. The Balaban J connectivity index is 2.17. The van der Waals surface area contributed by atoms with Crippen LogP contribution in [-0.2, 0) is 19.7 Å². The van der Waals surface area contributed by atoms with E-state index in [-0.39, 0.29) is 12.0 Å². The van der Waals surface area contributed by atoms with Crippen LogP contribution in [0.3, 0.4) is 0 Å². The number of amides is 1. The van der Waals surface area contributed by atoms with Crippen molar-refractivity contribution in [1.82, 2.24) is 0 Å². The zero-order valence-corrected chi connectivity index (χ0v) is 15.8. The van der Waals surface area contributed by atoms with Crippen molar-refractivity contribution in [3.8, 4) is 0 Å². The zero-order valence-electron chi connectivity index (χ0n) is 15.8. The van der Waals surface area contributed by atoms with Crippen molar-refractivity contribution >= 4 is 17.6 Å². The zero-order chi connectivity index (χ0) is 18.9. The van der Waals surface area contributed by atoms with Crippen molar-refractivity contribution in [3.63, 3.8) is 0 Å². The number of fused-ring (bicyclic) bond motifs is 1. The van der Waals surface area contributed by atoms with Crippen molar-refractivity contribution in [3.05, 3.63) is 65.7 Å². The second-order valence-electron chi connectivity index (χ2n) is 7.57. The van der Waals surface area contributed by atoms with Gasteiger partial charge in [0.1, 0.15) is 0 Å². The van der Waals surface area contributed by atoms with Crippen LogP contribution < -0.4 is 4.90 Å². The van der Waals surface area contributed by atoms with Crippen molar-refractivity contribution in [2.45, 2.75) is 45.1 Å². The summed E-state index contributed by atoms with van der Waals surface area (Å²) in [6.45, 7) is 8.09. The van der Waals surface area contributed by atoms with Gasteiger partial charge >= 0.3 is 11.9 Å². The van der Waals surface area contributed by atoms with E-state index in [4.69, 9.17) is 4.74 Å². The minimum Gasteiger partial charge on any atom is -0.459 e. The highest BCUT2D eigenvalue weighted by molar-refractivity contribution is 6.38. The first-order valence-corrected chi connectivity index (χ1v) is 8.97. The molecule has 136 valence electrons. The molecule has 0 aromatic heterocycles. The fraction of sp³-hybridized carbons (Fsp3) is 0.364. The van der Waals surface area contributed by atoms with Gasteiger partial charge in [0.25, 0.3) is 0 Å². The number of ether oxygens (including phenoxy) is 1. The Morgan fingerprint density at radius 3 is 2.27 bits per heavy atom. The van der Waals surface area contributed by atoms with E-state index >= 15 is 0 Å². The predicted octanol–water partition coefficient (Wildman–Crippen LogP) is 4.07. The van der Waals surface area contributed by atoms with Crippen molar-refractivity contribution in [2.24, 2.45) is 0 Å². The minimum atomic E-state index is -0.807. The van der Waals surface area contributed by atoms with Crippen LogP contribution in [-0.4, -0.2) is 24.0 Å². The fourth-order valence-corrected chi connectivity index (χ4v) is 4.23. The molecule has 26 heavy (non-hydrogen) atoms. The second kappa shape index (κ2) is 6.60. The van der Waals surface area contributed by atoms with Gasteiger partial charge in [0.2, 0.25) is 0 Å². The van der Waals surface area contributed by atoms with E-state index in [1.807, 2.05) is 56.3 Å². The van der Waals surface area contributed by atoms with E-state index in [0.29, 0.717) is 6.42 Å². The summed E-state index contributed by atoms with van der Waals surface area (Å²) in [4.78, 5) is 26.6. The number of carbonyl (C=O) groups excluding carboxylic acids is 2. The lowest BCUT2D eigenvalue weighted by Crippen LogP contribution is -2.57. The largest absolute Gasteiger partial charge is 0.459 e. The molecule has 0 spiro atoms. The van der Waals surface area contributed by atoms with Crippen LogP contribution in [0, 0.1) is 0 Å². The summed E-state index contributed by atoms with van der Waals surface area (Å²) >= 11 is 0. The van der Waals surface area contributed by atoms with E-state index in [1.165, 1.54) is 5.56 Å². The normalized spacial score (nSPS) is 21.0. The Morgan fingerprint density at radius 1 is 1.00 bits per heavy atom. The highest BCUT2D eigenvalue weighted by atomic mass is 16.5. The molecule has 0 N–H and O–H groups in total. The molecule has 4 heteroatoms. The molecule has 0 unspecified atom stereocenters. The Kier molecular flexibility index (Phi) is 4.61. The molecular formula is C22H25NO3. The fourth-order valence-electron chi connectivity index (χ4n) is 4.23. The molecule has 1 aliphatic rings. The molecule has 3 rings (SSSR count). The third-order valence-corrected chi connectivity index (χ3v) is 5.19. The van der Waals surface area contributed by atoms with Crippen LogP contribution in [0.1, 0.15) is 45.2 Å². The molecule has 1 heterocycles. The topological polar surface area (TPSA) is 46.6 Å². The maximum absolute atomic E-state index is 12.9. The number of anilines is 1. The van der Waals surface area contributed by atoms with Gasteiger partial charge in [-0.05, 0) is 44.4 Å². The van der Waals surface area contributed by atoms with E-state index in [9.17, 15) is 9.59 Å². The van der Waals surface area contributed by atoms with Crippen LogP contribution in [0.5, 0.6) is 0 Å². The molecule has 0 aliphatic carbocycles. The molecule has 1 amide bonds. The van der Waals surface area contributed by atoms with E-state index in [2.05, 4.69) is 19.1 Å². The highest BCUT2D eigenvalue weighted by Gasteiger charge is 2.49. The standard InChI is InChI=1S/C22H25NO3/c1-5-26-20(25)19(24)23-18-14-10-9-13-17(18)22(4,15-21(23,2)3)16-11-7-6-8-12-16/h6-14H,5,15H2,1-4H3/t22-/m0/s1. The quantitative estimate of drug-likeness (QED) is 0.605. The smallest absolute Gasteiger partial charge is 0.397 e. The van der Waals surface area contributed by atoms with Gasteiger partial charge in [-0.3, -0.25) is 9.69 Å². The van der Waals surface area contributed by atoms with Gasteiger partial charge in [-0.1, -0.05) is 55.5 Å². The van der Waals surface area contributed by atoms with E-state index < -0.39 is 17.4 Å². The summed E-state index contributed by atoms with van der Waals surface area (Å²) in [7, 11) is 0. The summed E-state index contributed by atoms with van der Waals surface area (Å²) < 4.78 is 4.97. The summed E-state index contributed by atoms with van der Waals surface area (Å²) in [5.74, 6) is -1.42. The Labute approximate surface area is 154 Å². The lowest BCUT2D eigenvalue weighted by molar-refractivity contribution is -0.153. The molecule has 0 saturated heterocycles. The summed E-state index contributed by atoms with van der Waals surface area (Å²) in [5, 5.41) is 0. The monoisotopic (exact) mass is 351 g/mol. The third-order valence-electron chi connectivity index (χ3n) is 5.19. The summed E-state index contributed by atoms with van der Waals surface area (Å²) in [6.07, 6.45) is 0.701. The maximum Gasteiger partial charge on any atom is 0.397 e. The third kappa shape index (κ3) is 2.90. The Hall–Kier alpha value is -2.62. The molecule has 1 atom stereocenters.